The highest BCUT2D eigenvalue weighted by atomic mass is 35.5. The first-order valence-electron chi connectivity index (χ1n) is 9.99. The lowest BCUT2D eigenvalue weighted by Gasteiger charge is -2.16. The second kappa shape index (κ2) is 9.79. The van der Waals surface area contributed by atoms with Gasteiger partial charge in [-0.25, -0.2) is 4.98 Å². The maximum Gasteiger partial charge on any atom is 0.266 e. The summed E-state index contributed by atoms with van der Waals surface area (Å²) in [6.45, 7) is 3.60. The fourth-order valence-electron chi connectivity index (χ4n) is 3.04. The zero-order valence-corrected chi connectivity index (χ0v) is 20.0. The van der Waals surface area contributed by atoms with Gasteiger partial charge in [0.15, 0.2) is 16.8 Å². The topological polar surface area (TPSA) is 76.4 Å². The largest absolute Gasteiger partial charge is 0.479 e. The highest BCUT2D eigenvalue weighted by molar-refractivity contribution is 7.80. The Morgan fingerprint density at radius 1 is 1.09 bits per heavy atom. The quantitative estimate of drug-likeness (QED) is 0.309. The molecule has 0 bridgehead atoms. The number of benzene rings is 3. The number of fused-ring (bicyclic) bond motifs is 1. The summed E-state index contributed by atoms with van der Waals surface area (Å²) < 4.78 is 11.5. The molecule has 4 aromatic rings. The van der Waals surface area contributed by atoms with E-state index in [0.29, 0.717) is 27.4 Å². The SMILES string of the molecule is Cc1ccc2nc(-c3ccc(NC(=S)NC(=O)C(C)Oc4ccc(Cl)cc4Cl)cc3)oc2c1. The molecular formula is C24H19Cl2N3O3S. The van der Waals surface area contributed by atoms with E-state index in [0.717, 1.165) is 22.2 Å². The number of anilines is 1. The lowest BCUT2D eigenvalue weighted by Crippen LogP contribution is -2.42. The van der Waals surface area contributed by atoms with Gasteiger partial charge in [0.2, 0.25) is 5.89 Å². The van der Waals surface area contributed by atoms with Crippen LogP contribution < -0.4 is 15.4 Å². The minimum atomic E-state index is -0.825. The summed E-state index contributed by atoms with van der Waals surface area (Å²) in [5.74, 6) is 0.467. The Morgan fingerprint density at radius 2 is 1.85 bits per heavy atom. The van der Waals surface area contributed by atoms with Crippen molar-refractivity contribution in [2.24, 2.45) is 0 Å². The molecule has 0 aliphatic rings. The second-order valence-electron chi connectivity index (χ2n) is 7.35. The van der Waals surface area contributed by atoms with Gasteiger partial charge in [-0.2, -0.15) is 0 Å². The molecule has 1 aromatic heterocycles. The molecule has 1 heterocycles. The molecule has 9 heteroatoms. The van der Waals surface area contributed by atoms with Crippen LogP contribution in [0.1, 0.15) is 12.5 Å². The zero-order chi connectivity index (χ0) is 23.5. The molecule has 1 unspecified atom stereocenters. The van der Waals surface area contributed by atoms with Crippen LogP contribution in [-0.4, -0.2) is 22.1 Å². The standard InChI is InChI=1S/C24H19Cl2N3O3S/c1-13-3-9-19-21(11-13)32-23(28-19)15-4-7-17(8-5-15)27-24(33)29-22(30)14(2)31-20-10-6-16(25)12-18(20)26/h3-12,14H,1-2H3,(H2,27,29,30,33). The minimum absolute atomic E-state index is 0.141. The minimum Gasteiger partial charge on any atom is -0.479 e. The van der Waals surface area contributed by atoms with Crippen LogP contribution in [0.25, 0.3) is 22.6 Å². The molecule has 0 spiro atoms. The Balaban J connectivity index is 1.35. The van der Waals surface area contributed by atoms with Crippen molar-refractivity contribution in [1.82, 2.24) is 10.3 Å². The van der Waals surface area contributed by atoms with Crippen LogP contribution in [0.4, 0.5) is 5.69 Å². The lowest BCUT2D eigenvalue weighted by molar-refractivity contribution is -0.125. The number of nitrogens with one attached hydrogen (secondary N) is 2. The van der Waals surface area contributed by atoms with Gasteiger partial charge in [0.25, 0.3) is 5.91 Å². The molecule has 2 N–H and O–H groups in total. The van der Waals surface area contributed by atoms with Gasteiger partial charge in [-0.1, -0.05) is 29.3 Å². The molecule has 0 fully saturated rings. The highest BCUT2D eigenvalue weighted by Gasteiger charge is 2.18. The third kappa shape index (κ3) is 5.63. The van der Waals surface area contributed by atoms with E-state index in [1.54, 1.807) is 25.1 Å². The molecular weight excluding hydrogens is 481 g/mol. The third-order valence-corrected chi connectivity index (χ3v) is 5.47. The van der Waals surface area contributed by atoms with Gasteiger partial charge < -0.3 is 14.5 Å². The number of nitrogens with zero attached hydrogens (tertiary/aromatic N) is 1. The first kappa shape index (κ1) is 23.0. The number of halogens is 2. The number of hydrogen-bond donors (Lipinski definition) is 2. The number of ether oxygens (including phenoxy) is 1. The summed E-state index contributed by atoms with van der Waals surface area (Å²) in [5, 5.41) is 6.51. The molecule has 1 amide bonds. The van der Waals surface area contributed by atoms with Gasteiger partial charge in [0.05, 0.1) is 5.02 Å². The van der Waals surface area contributed by atoms with Gasteiger partial charge in [-0.3, -0.25) is 10.1 Å². The first-order chi connectivity index (χ1) is 15.8. The van der Waals surface area contributed by atoms with Crippen LogP contribution in [0, 0.1) is 6.92 Å². The van der Waals surface area contributed by atoms with Crippen LogP contribution in [-0.2, 0) is 4.79 Å². The average molecular weight is 500 g/mol. The molecule has 4 rings (SSSR count). The Labute approximate surface area is 205 Å². The van der Waals surface area contributed by atoms with Gasteiger partial charge in [-0.05, 0) is 86.2 Å². The fraction of sp³-hybridized carbons (Fsp3) is 0.125. The van der Waals surface area contributed by atoms with E-state index in [1.165, 1.54) is 0 Å². The fourth-order valence-corrected chi connectivity index (χ4v) is 3.71. The number of hydrogen-bond acceptors (Lipinski definition) is 5. The van der Waals surface area contributed by atoms with Crippen molar-refractivity contribution in [3.63, 3.8) is 0 Å². The first-order valence-corrected chi connectivity index (χ1v) is 11.2. The van der Waals surface area contributed by atoms with Crippen LogP contribution in [0.2, 0.25) is 10.0 Å². The van der Waals surface area contributed by atoms with E-state index in [1.807, 2.05) is 49.4 Å². The number of carbonyl (C=O) groups excluding carboxylic acids is 1. The van der Waals surface area contributed by atoms with Crippen molar-refractivity contribution in [2.45, 2.75) is 20.0 Å². The molecule has 0 radical (unpaired) electrons. The summed E-state index contributed by atoms with van der Waals surface area (Å²) in [6.07, 6.45) is -0.825. The van der Waals surface area contributed by atoms with Crippen molar-refractivity contribution in [3.8, 4) is 17.2 Å². The number of oxazole rings is 1. The van der Waals surface area contributed by atoms with Crippen molar-refractivity contribution in [3.05, 3.63) is 76.3 Å². The van der Waals surface area contributed by atoms with Gasteiger partial charge >= 0.3 is 0 Å². The van der Waals surface area contributed by atoms with Crippen molar-refractivity contribution in [1.29, 1.82) is 0 Å². The summed E-state index contributed by atoms with van der Waals surface area (Å²) in [7, 11) is 0. The van der Waals surface area contributed by atoms with Crippen LogP contribution in [0.3, 0.4) is 0 Å². The van der Waals surface area contributed by atoms with Crippen LogP contribution >= 0.6 is 35.4 Å². The van der Waals surface area contributed by atoms with Crippen LogP contribution in [0.5, 0.6) is 5.75 Å². The van der Waals surface area contributed by atoms with E-state index in [2.05, 4.69) is 15.6 Å². The van der Waals surface area contributed by atoms with Gasteiger partial charge in [-0.15, -0.1) is 0 Å². The Kier molecular flexibility index (Phi) is 6.83. The van der Waals surface area contributed by atoms with Gasteiger partial charge in [0.1, 0.15) is 11.3 Å². The predicted molar refractivity (Wildman–Crippen MR) is 135 cm³/mol. The molecule has 168 valence electrons. The second-order valence-corrected chi connectivity index (χ2v) is 8.60. The molecule has 0 saturated carbocycles. The molecule has 0 aliphatic heterocycles. The highest BCUT2D eigenvalue weighted by Crippen LogP contribution is 2.28. The summed E-state index contributed by atoms with van der Waals surface area (Å²) >= 11 is 17.2. The smallest absolute Gasteiger partial charge is 0.266 e. The van der Waals surface area contributed by atoms with E-state index < -0.39 is 12.0 Å². The number of aryl methyl sites for hydroxylation is 1. The molecule has 0 aliphatic carbocycles. The molecule has 1 atom stereocenters. The van der Waals surface area contributed by atoms with Crippen LogP contribution in [0.15, 0.2) is 65.1 Å². The number of carbonyl (C=O) groups is 1. The van der Waals surface area contributed by atoms with Crippen molar-refractivity contribution >= 4 is 63.2 Å². The van der Waals surface area contributed by atoms with E-state index in [-0.39, 0.29) is 5.11 Å². The monoisotopic (exact) mass is 499 g/mol. The maximum absolute atomic E-state index is 12.4. The Bertz CT molecular complexity index is 1340. The normalized spacial score (nSPS) is 11.8. The van der Waals surface area contributed by atoms with E-state index >= 15 is 0 Å². The molecule has 0 saturated heterocycles. The van der Waals surface area contributed by atoms with E-state index in [4.69, 9.17) is 44.6 Å². The van der Waals surface area contributed by atoms with Crippen molar-refractivity contribution in [2.75, 3.05) is 5.32 Å². The third-order valence-electron chi connectivity index (χ3n) is 4.74. The zero-order valence-electron chi connectivity index (χ0n) is 17.7. The Hall–Kier alpha value is -3.13. The Morgan fingerprint density at radius 3 is 2.58 bits per heavy atom. The molecule has 6 nitrogen and oxygen atoms in total. The lowest BCUT2D eigenvalue weighted by atomic mass is 10.2. The predicted octanol–water partition coefficient (Wildman–Crippen LogP) is 6.39. The maximum atomic E-state index is 12.4. The summed E-state index contributed by atoms with van der Waals surface area (Å²) in [5.41, 5.74) is 4.18. The van der Waals surface area contributed by atoms with Crippen molar-refractivity contribution < 1.29 is 13.9 Å². The molecule has 3 aromatic carbocycles. The van der Waals surface area contributed by atoms with E-state index in [9.17, 15) is 4.79 Å². The summed E-state index contributed by atoms with van der Waals surface area (Å²) in [4.78, 5) is 16.9. The number of aromatic nitrogens is 1. The number of thiocarbonyl (C=S) groups is 1. The number of rotatable bonds is 5. The number of amides is 1. The summed E-state index contributed by atoms with van der Waals surface area (Å²) in [6, 6.07) is 18.0. The molecule has 33 heavy (non-hydrogen) atoms. The van der Waals surface area contributed by atoms with Gasteiger partial charge in [0, 0.05) is 16.3 Å². The average Bonchev–Trinajstić information content (AvgIpc) is 3.19.